The van der Waals surface area contributed by atoms with Crippen LogP contribution in [0.4, 0.5) is 11.4 Å². The Bertz CT molecular complexity index is 1030. The number of ether oxygens (including phenoxy) is 2. The number of amides is 1. The molecule has 0 unspecified atom stereocenters. The van der Waals surface area contributed by atoms with Gasteiger partial charge in [-0.25, -0.2) is 4.99 Å². The molecule has 4 rings (SSSR count). The van der Waals surface area contributed by atoms with E-state index in [0.717, 1.165) is 50.4 Å². The molecule has 2 aromatic carbocycles. The van der Waals surface area contributed by atoms with Crippen LogP contribution < -0.4 is 9.64 Å². The first-order chi connectivity index (χ1) is 15.0. The summed E-state index contributed by atoms with van der Waals surface area (Å²) in [5.41, 5.74) is 2.96. The van der Waals surface area contributed by atoms with Gasteiger partial charge in [0.05, 0.1) is 38.1 Å². The van der Waals surface area contributed by atoms with Gasteiger partial charge in [0.1, 0.15) is 5.75 Å². The summed E-state index contributed by atoms with van der Waals surface area (Å²) in [6, 6.07) is 12.2. The third kappa shape index (κ3) is 5.20. The molecule has 2 fully saturated rings. The van der Waals surface area contributed by atoms with E-state index < -0.39 is 0 Å². The molecule has 162 valence electrons. The molecule has 0 spiro atoms. The van der Waals surface area contributed by atoms with E-state index in [9.17, 15) is 4.79 Å². The highest BCUT2D eigenvalue weighted by Gasteiger charge is 2.30. The predicted molar refractivity (Wildman–Crippen MR) is 143 cm³/mol. The Balaban J connectivity index is 1.54. The number of thioether (sulfide) groups is 1. The van der Waals surface area contributed by atoms with Crippen LogP contribution >= 0.6 is 56.9 Å². The van der Waals surface area contributed by atoms with Gasteiger partial charge in [0.25, 0.3) is 5.91 Å². The highest BCUT2D eigenvalue weighted by atomic mass is 127. The van der Waals surface area contributed by atoms with Crippen molar-refractivity contribution in [3.05, 3.63) is 54.0 Å². The first-order valence-electron chi connectivity index (χ1n) is 9.68. The molecule has 6 nitrogen and oxygen atoms in total. The Morgan fingerprint density at radius 1 is 1.13 bits per heavy atom. The van der Waals surface area contributed by atoms with E-state index in [0.29, 0.717) is 10.1 Å². The molecule has 2 aliphatic heterocycles. The van der Waals surface area contributed by atoms with Gasteiger partial charge in [0, 0.05) is 25.8 Å². The first-order valence-corrected chi connectivity index (χ1v) is 12.7. The minimum Gasteiger partial charge on any atom is -0.495 e. The van der Waals surface area contributed by atoms with Crippen LogP contribution in [0.5, 0.6) is 5.75 Å². The number of likely N-dealkylation sites (N-methyl/N-ethyl adjacent to an activating group) is 1. The Morgan fingerprint density at radius 3 is 2.39 bits per heavy atom. The fourth-order valence-corrected chi connectivity index (χ4v) is 6.57. The second-order valence-corrected chi connectivity index (χ2v) is 10.3. The summed E-state index contributed by atoms with van der Waals surface area (Å²) in [5.74, 6) is 0.808. The van der Waals surface area contributed by atoms with Crippen molar-refractivity contribution in [1.29, 1.82) is 0 Å². The van der Waals surface area contributed by atoms with Gasteiger partial charge in [-0.1, -0.05) is 0 Å². The third-order valence-electron chi connectivity index (χ3n) is 4.98. The minimum absolute atomic E-state index is 0.0467. The van der Waals surface area contributed by atoms with E-state index in [1.54, 1.807) is 19.1 Å². The molecule has 0 radical (unpaired) electrons. The number of carbonyl (C=O) groups is 1. The van der Waals surface area contributed by atoms with Crippen molar-refractivity contribution >= 4 is 85.5 Å². The summed E-state index contributed by atoms with van der Waals surface area (Å²) >= 11 is 5.89. The highest BCUT2D eigenvalue weighted by molar-refractivity contribution is 14.1. The number of halogens is 2. The number of anilines is 1. The number of aliphatic imine (C=N–C) groups is 1. The van der Waals surface area contributed by atoms with Crippen molar-refractivity contribution in [2.24, 2.45) is 4.99 Å². The summed E-state index contributed by atoms with van der Waals surface area (Å²) in [4.78, 5) is 22.0. The first kappa shape index (κ1) is 22.9. The molecule has 2 aromatic rings. The molecule has 9 heteroatoms. The van der Waals surface area contributed by atoms with Crippen molar-refractivity contribution in [3.63, 3.8) is 0 Å². The maximum atomic E-state index is 12.8. The average molecular weight is 661 g/mol. The van der Waals surface area contributed by atoms with E-state index in [4.69, 9.17) is 14.5 Å². The fraction of sp³-hybridized carbons (Fsp3) is 0.273. The van der Waals surface area contributed by atoms with Gasteiger partial charge in [0.15, 0.2) is 5.17 Å². The fourth-order valence-electron chi connectivity index (χ4n) is 3.33. The molecular formula is C22H21I2N3O3S. The van der Waals surface area contributed by atoms with Gasteiger partial charge < -0.3 is 14.4 Å². The molecular weight excluding hydrogens is 640 g/mol. The predicted octanol–water partition coefficient (Wildman–Crippen LogP) is 4.97. The maximum absolute atomic E-state index is 12.8. The summed E-state index contributed by atoms with van der Waals surface area (Å²) in [6.45, 7) is 3.32. The van der Waals surface area contributed by atoms with Crippen molar-refractivity contribution in [2.45, 2.75) is 0 Å². The lowest BCUT2D eigenvalue weighted by Gasteiger charge is -2.28. The molecule has 0 atom stereocenters. The van der Waals surface area contributed by atoms with Crippen LogP contribution in [0.25, 0.3) is 6.08 Å². The number of amidine groups is 1. The minimum atomic E-state index is -0.0467. The van der Waals surface area contributed by atoms with Gasteiger partial charge in [-0.15, -0.1) is 0 Å². The van der Waals surface area contributed by atoms with Gasteiger partial charge >= 0.3 is 0 Å². The van der Waals surface area contributed by atoms with Crippen LogP contribution in [0.3, 0.4) is 0 Å². The van der Waals surface area contributed by atoms with Crippen LogP contribution in [0.15, 0.2) is 46.3 Å². The normalized spacial score (nSPS) is 19.5. The van der Waals surface area contributed by atoms with Crippen molar-refractivity contribution in [2.75, 3.05) is 45.4 Å². The molecule has 0 N–H and O–H groups in total. The Hall–Kier alpha value is -1.31. The van der Waals surface area contributed by atoms with Crippen LogP contribution in [0, 0.1) is 7.14 Å². The van der Waals surface area contributed by atoms with Gasteiger partial charge in [0.2, 0.25) is 0 Å². The zero-order chi connectivity index (χ0) is 22.0. The average Bonchev–Trinajstić information content (AvgIpc) is 3.02. The van der Waals surface area contributed by atoms with Gasteiger partial charge in [-0.05, 0) is 105 Å². The Labute approximate surface area is 213 Å². The van der Waals surface area contributed by atoms with Gasteiger partial charge in [-0.2, -0.15) is 0 Å². The number of benzene rings is 2. The van der Waals surface area contributed by atoms with Crippen LogP contribution in [-0.2, 0) is 9.53 Å². The number of hydrogen-bond acceptors (Lipinski definition) is 6. The largest absolute Gasteiger partial charge is 0.495 e. The zero-order valence-corrected chi connectivity index (χ0v) is 22.2. The summed E-state index contributed by atoms with van der Waals surface area (Å²) in [6.07, 6.45) is 1.91. The standard InChI is InChI=1S/C22H21I2N3O3S/c1-26-21(28)19(13-14-11-17(23)20(29-2)18(24)12-14)31-22(26)25-15-3-5-16(6-4-15)27-7-9-30-10-8-27/h3-6,11-13H,7-10H2,1-2H3/b19-13-,25-22?. The highest BCUT2D eigenvalue weighted by Crippen LogP contribution is 2.35. The lowest BCUT2D eigenvalue weighted by Crippen LogP contribution is -2.36. The van der Waals surface area contributed by atoms with E-state index in [-0.39, 0.29) is 5.91 Å². The van der Waals surface area contributed by atoms with Crippen molar-refractivity contribution in [1.82, 2.24) is 4.90 Å². The molecule has 0 bridgehead atoms. The Morgan fingerprint density at radius 2 is 1.77 bits per heavy atom. The van der Waals surface area contributed by atoms with Crippen molar-refractivity contribution in [3.8, 4) is 5.75 Å². The molecule has 0 aromatic heterocycles. The van der Waals surface area contributed by atoms with E-state index >= 15 is 0 Å². The second-order valence-electron chi connectivity index (χ2n) is 7.00. The molecule has 31 heavy (non-hydrogen) atoms. The molecule has 1 amide bonds. The van der Waals surface area contributed by atoms with Gasteiger partial charge in [-0.3, -0.25) is 9.69 Å². The number of carbonyl (C=O) groups excluding carboxylic acids is 1. The third-order valence-corrected chi connectivity index (χ3v) is 7.64. The van der Waals surface area contributed by atoms with E-state index in [2.05, 4.69) is 62.2 Å². The monoisotopic (exact) mass is 661 g/mol. The summed E-state index contributed by atoms with van der Waals surface area (Å²) in [5, 5.41) is 0.674. The zero-order valence-electron chi connectivity index (χ0n) is 17.1. The number of methoxy groups -OCH3 is 1. The van der Waals surface area contributed by atoms with E-state index in [1.807, 2.05) is 30.3 Å². The molecule has 2 aliphatic rings. The smallest absolute Gasteiger partial charge is 0.266 e. The SMILES string of the molecule is COc1c(I)cc(/C=C2\SC(=Nc3ccc(N4CCOCC4)cc3)N(C)C2=O)cc1I. The number of morpholine rings is 1. The molecule has 0 aliphatic carbocycles. The molecule has 2 saturated heterocycles. The lowest BCUT2D eigenvalue weighted by atomic mass is 10.2. The van der Waals surface area contributed by atoms with E-state index in [1.165, 1.54) is 17.4 Å². The van der Waals surface area contributed by atoms with Crippen LogP contribution in [0.1, 0.15) is 5.56 Å². The summed E-state index contributed by atoms with van der Waals surface area (Å²) < 4.78 is 12.9. The number of hydrogen-bond donors (Lipinski definition) is 0. The lowest BCUT2D eigenvalue weighted by molar-refractivity contribution is -0.121. The Kier molecular flexibility index (Phi) is 7.44. The molecule has 0 saturated carbocycles. The summed E-state index contributed by atoms with van der Waals surface area (Å²) in [7, 11) is 3.43. The number of nitrogens with zero attached hydrogens (tertiary/aromatic N) is 3. The topological polar surface area (TPSA) is 54.4 Å². The quantitative estimate of drug-likeness (QED) is 0.342. The molecule has 2 heterocycles. The van der Waals surface area contributed by atoms with Crippen LogP contribution in [-0.4, -0.2) is 56.4 Å². The second kappa shape index (κ2) is 10.1. The maximum Gasteiger partial charge on any atom is 0.266 e. The van der Waals surface area contributed by atoms with Crippen LogP contribution in [0.2, 0.25) is 0 Å². The van der Waals surface area contributed by atoms with Crippen molar-refractivity contribution < 1.29 is 14.3 Å². The number of rotatable bonds is 4.